The number of rotatable bonds is 31. The topological polar surface area (TPSA) is 176 Å². The molecule has 250 valence electrons. The molecule has 0 aromatic carbocycles. The minimum Gasteiger partial charge on any atom is -0.459 e. The first kappa shape index (κ1) is 41.2. The van der Waals surface area contributed by atoms with Crippen LogP contribution in [0.4, 0.5) is 0 Å². The zero-order valence-corrected chi connectivity index (χ0v) is 27.5. The van der Waals surface area contributed by atoms with E-state index in [2.05, 4.69) is 12.2 Å². The first-order valence-electron chi connectivity index (χ1n) is 15.3. The summed E-state index contributed by atoms with van der Waals surface area (Å²) in [6.45, 7) is 6.37. The molecule has 2 atom stereocenters. The maximum Gasteiger partial charge on any atom is 0.327 e. The average Bonchev–Trinajstić information content (AvgIpc) is 2.92. The van der Waals surface area contributed by atoms with E-state index >= 15 is 0 Å². The van der Waals surface area contributed by atoms with Crippen molar-refractivity contribution in [3.05, 3.63) is 0 Å². The van der Waals surface area contributed by atoms with E-state index in [9.17, 15) is 14.2 Å². The number of nitrogens with one attached hydrogen (secondary N) is 1. The van der Waals surface area contributed by atoms with Crippen molar-refractivity contribution in [1.29, 1.82) is 0 Å². The predicted octanol–water partition coefficient (Wildman–Crippen LogP) is 3.26. The number of unbranched alkanes of at least 4 members (excludes halogenated alkanes) is 9. The minimum absolute atomic E-state index is 0.0227. The summed E-state index contributed by atoms with van der Waals surface area (Å²) in [5.41, 5.74) is 5.99. The smallest absolute Gasteiger partial charge is 0.327 e. The standard InChI is InChI=1S/C28H57N2O10PS/c1-3-4-5-6-7-8-9-10-11-12-14-39-22-26(40-25(2)31)23-42-24-27(29)28(32)30-13-15-36-16-17-37-18-19-38-20-21-41(33,34)35/h26-27H,3-24,29H2,1-2H3,(H,30,32)(H2,33,34,35)/t26-,27+/m1/s1. The fraction of sp³-hybridized carbons (Fsp3) is 0.929. The lowest BCUT2D eigenvalue weighted by Crippen LogP contribution is -2.43. The Balaban J connectivity index is 3.76. The lowest BCUT2D eigenvalue weighted by atomic mass is 10.1. The Bertz CT molecular complexity index is 702. The molecule has 0 radical (unpaired) electrons. The Morgan fingerprint density at radius 2 is 1.33 bits per heavy atom. The predicted molar refractivity (Wildman–Crippen MR) is 166 cm³/mol. The van der Waals surface area contributed by atoms with Gasteiger partial charge in [0.15, 0.2) is 0 Å². The molecule has 0 aromatic rings. The van der Waals surface area contributed by atoms with Gasteiger partial charge in [-0.15, -0.1) is 0 Å². The highest BCUT2D eigenvalue weighted by atomic mass is 32.2. The third-order valence-corrected chi connectivity index (χ3v) is 8.00. The molecule has 0 heterocycles. The molecule has 0 aliphatic carbocycles. The second kappa shape index (κ2) is 29.0. The average molecular weight is 645 g/mol. The number of carbonyl (C=O) groups excluding carboxylic acids is 2. The van der Waals surface area contributed by atoms with Gasteiger partial charge in [-0.25, -0.2) is 0 Å². The van der Waals surface area contributed by atoms with Gasteiger partial charge in [0, 0.05) is 31.6 Å². The number of nitrogens with two attached hydrogens (primary N) is 1. The van der Waals surface area contributed by atoms with Crippen LogP contribution in [0.25, 0.3) is 0 Å². The van der Waals surface area contributed by atoms with Gasteiger partial charge in [0.05, 0.1) is 58.5 Å². The molecule has 14 heteroatoms. The number of ether oxygens (including phenoxy) is 5. The second-order valence-electron chi connectivity index (χ2n) is 10.1. The van der Waals surface area contributed by atoms with Gasteiger partial charge in [-0.05, 0) is 6.42 Å². The Morgan fingerprint density at radius 1 is 0.786 bits per heavy atom. The lowest BCUT2D eigenvalue weighted by molar-refractivity contribution is -0.148. The van der Waals surface area contributed by atoms with E-state index in [-0.39, 0.29) is 44.0 Å². The van der Waals surface area contributed by atoms with Crippen LogP contribution in [0.5, 0.6) is 0 Å². The van der Waals surface area contributed by atoms with Crippen LogP contribution in [0.2, 0.25) is 0 Å². The molecule has 0 aliphatic heterocycles. The van der Waals surface area contributed by atoms with Crippen molar-refractivity contribution in [2.24, 2.45) is 5.73 Å². The van der Waals surface area contributed by atoms with Crippen LogP contribution in [0.3, 0.4) is 0 Å². The largest absolute Gasteiger partial charge is 0.459 e. The highest BCUT2D eigenvalue weighted by Gasteiger charge is 2.17. The van der Waals surface area contributed by atoms with Crippen molar-refractivity contribution in [2.75, 3.05) is 77.1 Å². The van der Waals surface area contributed by atoms with Gasteiger partial charge in [0.1, 0.15) is 6.10 Å². The monoisotopic (exact) mass is 644 g/mol. The summed E-state index contributed by atoms with van der Waals surface area (Å²) >= 11 is 1.45. The summed E-state index contributed by atoms with van der Waals surface area (Å²) < 4.78 is 37.5. The molecule has 12 nitrogen and oxygen atoms in total. The molecule has 42 heavy (non-hydrogen) atoms. The van der Waals surface area contributed by atoms with Crippen molar-refractivity contribution in [2.45, 2.75) is 90.2 Å². The summed E-state index contributed by atoms with van der Waals surface area (Å²) in [4.78, 5) is 41.1. The van der Waals surface area contributed by atoms with E-state index in [1.807, 2.05) is 0 Å². The molecule has 0 spiro atoms. The summed E-state index contributed by atoms with van der Waals surface area (Å²) in [6, 6.07) is -0.700. The van der Waals surface area contributed by atoms with Crippen molar-refractivity contribution >= 4 is 31.2 Å². The van der Waals surface area contributed by atoms with Gasteiger partial charge in [-0.3, -0.25) is 14.2 Å². The molecule has 5 N–H and O–H groups in total. The van der Waals surface area contributed by atoms with E-state index in [1.165, 1.54) is 70.1 Å². The quantitative estimate of drug-likeness (QED) is 0.0493. The maximum atomic E-state index is 12.2. The van der Waals surface area contributed by atoms with E-state index in [1.54, 1.807) is 0 Å². The molecular weight excluding hydrogens is 587 g/mol. The third kappa shape index (κ3) is 30.7. The number of amides is 1. The Labute approximate surface area is 257 Å². The zero-order chi connectivity index (χ0) is 31.3. The van der Waals surface area contributed by atoms with Crippen molar-refractivity contribution in [3.63, 3.8) is 0 Å². The van der Waals surface area contributed by atoms with Crippen LogP contribution >= 0.6 is 19.4 Å². The van der Waals surface area contributed by atoms with Crippen molar-refractivity contribution in [1.82, 2.24) is 5.32 Å². The van der Waals surface area contributed by atoms with Crippen LogP contribution in [-0.2, 0) is 37.8 Å². The van der Waals surface area contributed by atoms with E-state index < -0.39 is 13.6 Å². The first-order chi connectivity index (χ1) is 20.2. The lowest BCUT2D eigenvalue weighted by Gasteiger charge is -2.18. The van der Waals surface area contributed by atoms with Crippen LogP contribution in [0.15, 0.2) is 0 Å². The SMILES string of the molecule is CCCCCCCCCCCCOC[C@H](CSC[C@H](N)C(=O)NCCOCCOCCOCCP(=O)(O)O)OC(C)=O. The molecule has 0 saturated heterocycles. The summed E-state index contributed by atoms with van der Waals surface area (Å²) in [5.74, 6) is 0.238. The van der Waals surface area contributed by atoms with E-state index in [4.69, 9.17) is 39.2 Å². The van der Waals surface area contributed by atoms with Gasteiger partial charge < -0.3 is 44.5 Å². The second-order valence-corrected chi connectivity index (χ2v) is 13.0. The Hall–Kier alpha value is -0.760. The fourth-order valence-corrected chi connectivity index (χ4v) is 5.10. The number of hydrogen-bond donors (Lipinski definition) is 4. The van der Waals surface area contributed by atoms with Crippen molar-refractivity contribution < 1.29 is 47.6 Å². The Morgan fingerprint density at radius 3 is 1.90 bits per heavy atom. The van der Waals surface area contributed by atoms with Crippen LogP contribution in [0.1, 0.15) is 78.1 Å². The molecule has 0 aliphatic rings. The summed E-state index contributed by atoms with van der Waals surface area (Å²) in [6.07, 6.45) is 11.9. The normalized spacial score (nSPS) is 13.2. The van der Waals surface area contributed by atoms with Crippen LogP contribution in [0, 0.1) is 0 Å². The number of hydrogen-bond acceptors (Lipinski definition) is 10. The summed E-state index contributed by atoms with van der Waals surface area (Å²) in [5, 5.41) is 2.73. The summed E-state index contributed by atoms with van der Waals surface area (Å²) in [7, 11) is -4.03. The van der Waals surface area contributed by atoms with Gasteiger partial charge in [-0.2, -0.15) is 11.8 Å². The van der Waals surface area contributed by atoms with E-state index in [0.29, 0.717) is 51.1 Å². The fourth-order valence-electron chi connectivity index (χ4n) is 3.76. The number of esters is 1. The zero-order valence-electron chi connectivity index (χ0n) is 25.8. The van der Waals surface area contributed by atoms with Crippen LogP contribution < -0.4 is 11.1 Å². The molecule has 0 saturated carbocycles. The van der Waals surface area contributed by atoms with Gasteiger partial charge in [0.25, 0.3) is 0 Å². The first-order valence-corrected chi connectivity index (χ1v) is 18.2. The highest BCUT2D eigenvalue weighted by molar-refractivity contribution is 7.99. The molecule has 1 amide bonds. The van der Waals surface area contributed by atoms with E-state index in [0.717, 1.165) is 12.8 Å². The van der Waals surface area contributed by atoms with Gasteiger partial charge in [-0.1, -0.05) is 64.7 Å². The third-order valence-electron chi connectivity index (χ3n) is 6.03. The van der Waals surface area contributed by atoms with Gasteiger partial charge >= 0.3 is 13.6 Å². The highest BCUT2D eigenvalue weighted by Crippen LogP contribution is 2.33. The minimum atomic E-state index is -4.03. The number of thioether (sulfide) groups is 1. The number of carbonyl (C=O) groups is 2. The van der Waals surface area contributed by atoms with Crippen LogP contribution in [-0.4, -0.2) is 111 Å². The molecular formula is C28H57N2O10PS. The molecule has 0 unspecified atom stereocenters. The van der Waals surface area contributed by atoms with Crippen molar-refractivity contribution in [3.8, 4) is 0 Å². The Kier molecular flexibility index (Phi) is 28.5. The molecule has 0 rings (SSSR count). The molecule has 0 bridgehead atoms. The van der Waals surface area contributed by atoms with Gasteiger partial charge in [0.2, 0.25) is 5.91 Å². The molecule has 0 fully saturated rings. The maximum absolute atomic E-state index is 12.2. The molecule has 0 aromatic heterocycles.